The summed E-state index contributed by atoms with van der Waals surface area (Å²) in [6.07, 6.45) is -2.61. The van der Waals surface area contributed by atoms with Crippen LogP contribution < -0.4 is 10.6 Å². The number of anilines is 2. The smallest absolute Gasteiger partial charge is 0.393 e. The monoisotopic (exact) mass is 490 g/mol. The van der Waals surface area contributed by atoms with Crippen LogP contribution in [-0.2, 0) is 27.0 Å². The Kier molecular flexibility index (Phi) is 7.47. The highest BCUT2D eigenvalue weighted by Crippen LogP contribution is 2.37. The van der Waals surface area contributed by atoms with Crippen LogP contribution in [0.5, 0.6) is 0 Å². The highest BCUT2D eigenvalue weighted by Gasteiger charge is 2.43. The lowest BCUT2D eigenvalue weighted by Crippen LogP contribution is -2.42. The van der Waals surface area contributed by atoms with Crippen LogP contribution in [-0.4, -0.2) is 36.1 Å². The molecule has 6 nitrogen and oxygen atoms in total. The average Bonchev–Trinajstić information content (AvgIpc) is 3.30. The van der Waals surface area contributed by atoms with Crippen molar-refractivity contribution in [1.29, 1.82) is 0 Å². The number of ether oxygens (including phenoxy) is 1. The van der Waals surface area contributed by atoms with Crippen molar-refractivity contribution in [3.63, 3.8) is 0 Å². The van der Waals surface area contributed by atoms with Crippen LogP contribution in [0.2, 0.25) is 0 Å². The Hall–Kier alpha value is -2.91. The standard InChI is InChI=1S/C26H29F3N2O4/c27-26(28,29)21-3-1-2-4-22(21)31-19-7-5-17(6-8-19)15-30-24(34)25(11-12-35-16-25)10-9-23(33)18-13-20(32)14-18/h1-8,18,20,31-32H,9-16H2,(H,30,34)/t18?,20?,25-/m1/s1. The van der Waals surface area contributed by atoms with Crippen molar-refractivity contribution in [3.8, 4) is 0 Å². The molecular formula is C26H29F3N2O4. The summed E-state index contributed by atoms with van der Waals surface area (Å²) in [6, 6.07) is 12.1. The van der Waals surface area contributed by atoms with Gasteiger partial charge in [0.25, 0.3) is 0 Å². The Balaban J connectivity index is 1.32. The summed E-state index contributed by atoms with van der Waals surface area (Å²) in [4.78, 5) is 25.4. The van der Waals surface area contributed by atoms with E-state index < -0.39 is 23.3 Å². The predicted octanol–water partition coefficient (Wildman–Crippen LogP) is 4.59. The van der Waals surface area contributed by atoms with E-state index in [0.29, 0.717) is 38.0 Å². The summed E-state index contributed by atoms with van der Waals surface area (Å²) in [5, 5.41) is 15.1. The molecule has 2 aliphatic rings. The summed E-state index contributed by atoms with van der Waals surface area (Å²) in [5.41, 5.74) is -0.234. The number of carbonyl (C=O) groups excluding carboxylic acids is 2. The normalized spacial score (nSPS) is 24.0. The number of halogens is 3. The number of alkyl halides is 3. The topological polar surface area (TPSA) is 87.7 Å². The van der Waals surface area contributed by atoms with E-state index in [4.69, 9.17) is 4.74 Å². The third-order valence-electron chi connectivity index (χ3n) is 6.92. The Morgan fingerprint density at radius 1 is 1.09 bits per heavy atom. The molecule has 35 heavy (non-hydrogen) atoms. The molecule has 9 heteroatoms. The van der Waals surface area contributed by atoms with E-state index in [2.05, 4.69) is 10.6 Å². The van der Waals surface area contributed by atoms with E-state index in [1.165, 1.54) is 18.2 Å². The summed E-state index contributed by atoms with van der Waals surface area (Å²) in [6.45, 7) is 0.979. The van der Waals surface area contributed by atoms with E-state index in [1.54, 1.807) is 24.3 Å². The van der Waals surface area contributed by atoms with Crippen LogP contribution in [0.4, 0.5) is 24.5 Å². The molecule has 1 saturated carbocycles. The number of carbonyl (C=O) groups is 2. The zero-order valence-electron chi connectivity index (χ0n) is 19.2. The molecule has 1 aliphatic heterocycles. The van der Waals surface area contributed by atoms with Crippen LogP contribution in [0.3, 0.4) is 0 Å². The Morgan fingerprint density at radius 2 is 1.80 bits per heavy atom. The average molecular weight is 491 g/mol. The van der Waals surface area contributed by atoms with Gasteiger partial charge in [-0.2, -0.15) is 13.2 Å². The van der Waals surface area contributed by atoms with Crippen LogP contribution in [0.25, 0.3) is 0 Å². The van der Waals surface area contributed by atoms with Gasteiger partial charge in [0.1, 0.15) is 5.78 Å². The van der Waals surface area contributed by atoms with E-state index in [-0.39, 0.29) is 42.9 Å². The lowest BCUT2D eigenvalue weighted by atomic mass is 9.75. The molecule has 0 radical (unpaired) electrons. The van der Waals surface area contributed by atoms with Crippen LogP contribution in [0.1, 0.15) is 43.2 Å². The molecular weight excluding hydrogens is 461 g/mol. The minimum atomic E-state index is -4.46. The minimum Gasteiger partial charge on any atom is -0.393 e. The van der Waals surface area contributed by atoms with E-state index >= 15 is 0 Å². The second-order valence-electron chi connectivity index (χ2n) is 9.42. The van der Waals surface area contributed by atoms with Crippen molar-refractivity contribution in [3.05, 3.63) is 59.7 Å². The Labute approximate surface area is 201 Å². The first-order chi connectivity index (χ1) is 16.7. The van der Waals surface area contributed by atoms with Gasteiger partial charge in [-0.1, -0.05) is 24.3 Å². The number of nitrogens with one attached hydrogen (secondary N) is 2. The lowest BCUT2D eigenvalue weighted by Gasteiger charge is -2.31. The molecule has 0 spiro atoms. The molecule has 188 valence electrons. The number of amides is 1. The maximum Gasteiger partial charge on any atom is 0.418 e. The molecule has 0 aromatic heterocycles. The molecule has 1 heterocycles. The molecule has 2 aromatic rings. The van der Waals surface area contributed by atoms with Gasteiger partial charge in [-0.25, -0.2) is 0 Å². The van der Waals surface area contributed by atoms with Gasteiger partial charge in [0.15, 0.2) is 0 Å². The number of aliphatic hydroxyl groups excluding tert-OH is 1. The van der Waals surface area contributed by atoms with Gasteiger partial charge in [-0.15, -0.1) is 0 Å². The number of hydrogen-bond donors (Lipinski definition) is 3. The minimum absolute atomic E-state index is 0.0322. The molecule has 0 unspecified atom stereocenters. The summed E-state index contributed by atoms with van der Waals surface area (Å²) in [7, 11) is 0. The van der Waals surface area contributed by atoms with Crippen LogP contribution in [0.15, 0.2) is 48.5 Å². The molecule has 2 aromatic carbocycles. The summed E-state index contributed by atoms with van der Waals surface area (Å²) >= 11 is 0. The van der Waals surface area contributed by atoms with Gasteiger partial charge in [0, 0.05) is 31.2 Å². The number of hydrogen-bond acceptors (Lipinski definition) is 5. The summed E-state index contributed by atoms with van der Waals surface area (Å²) in [5.74, 6) is -0.190. The molecule has 4 rings (SSSR count). The molecule has 1 atom stereocenters. The van der Waals surface area contributed by atoms with Gasteiger partial charge in [0.05, 0.1) is 29.4 Å². The van der Waals surface area contributed by atoms with Gasteiger partial charge >= 0.3 is 6.18 Å². The number of aliphatic hydroxyl groups is 1. The van der Waals surface area contributed by atoms with Gasteiger partial charge < -0.3 is 20.5 Å². The molecule has 3 N–H and O–H groups in total. The highest BCUT2D eigenvalue weighted by atomic mass is 19.4. The van der Waals surface area contributed by atoms with Gasteiger partial charge in [-0.3, -0.25) is 9.59 Å². The van der Waals surface area contributed by atoms with E-state index in [9.17, 15) is 27.9 Å². The Bertz CT molecular complexity index is 1040. The quantitative estimate of drug-likeness (QED) is 0.479. The lowest BCUT2D eigenvalue weighted by molar-refractivity contribution is -0.137. The maximum atomic E-state index is 13.2. The second kappa shape index (κ2) is 10.4. The largest absolute Gasteiger partial charge is 0.418 e. The fourth-order valence-electron chi connectivity index (χ4n) is 4.58. The van der Waals surface area contributed by atoms with E-state index in [1.807, 2.05) is 0 Å². The number of benzene rings is 2. The van der Waals surface area contributed by atoms with Crippen LogP contribution >= 0.6 is 0 Å². The number of para-hydroxylation sites is 1. The number of Topliss-reactive ketones (excluding diaryl/α,β-unsaturated/α-hetero) is 1. The fourth-order valence-corrected chi connectivity index (χ4v) is 4.58. The zero-order valence-corrected chi connectivity index (χ0v) is 19.2. The Morgan fingerprint density at radius 3 is 2.43 bits per heavy atom. The van der Waals surface area contributed by atoms with Crippen molar-refractivity contribution in [2.24, 2.45) is 11.3 Å². The molecule has 0 bridgehead atoms. The van der Waals surface area contributed by atoms with Crippen molar-refractivity contribution >= 4 is 23.1 Å². The SMILES string of the molecule is O=C(CC[C@@]1(C(=O)NCc2ccc(Nc3ccccc3C(F)(F)F)cc2)CCOC1)C1CC(O)C1. The zero-order chi connectivity index (χ0) is 25.1. The van der Waals surface area contributed by atoms with Gasteiger partial charge in [-0.05, 0) is 55.5 Å². The molecule has 1 saturated heterocycles. The van der Waals surface area contributed by atoms with Crippen LogP contribution in [0, 0.1) is 11.3 Å². The van der Waals surface area contributed by atoms with Gasteiger partial charge in [0.2, 0.25) is 5.91 Å². The maximum absolute atomic E-state index is 13.2. The molecule has 1 amide bonds. The highest BCUT2D eigenvalue weighted by molar-refractivity contribution is 5.86. The molecule has 1 aliphatic carbocycles. The first-order valence-corrected chi connectivity index (χ1v) is 11.8. The summed E-state index contributed by atoms with van der Waals surface area (Å²) < 4.78 is 45.1. The fraction of sp³-hybridized carbons (Fsp3) is 0.462. The van der Waals surface area contributed by atoms with Crippen molar-refractivity contribution in [2.75, 3.05) is 18.5 Å². The molecule has 2 fully saturated rings. The van der Waals surface area contributed by atoms with Crippen molar-refractivity contribution < 1.29 is 32.6 Å². The first-order valence-electron chi connectivity index (χ1n) is 11.8. The third-order valence-corrected chi connectivity index (χ3v) is 6.92. The van der Waals surface area contributed by atoms with E-state index in [0.717, 1.165) is 11.6 Å². The second-order valence-corrected chi connectivity index (χ2v) is 9.42. The first kappa shape index (κ1) is 25.2. The third kappa shape index (κ3) is 6.02. The number of ketones is 1. The predicted molar refractivity (Wildman–Crippen MR) is 124 cm³/mol. The number of rotatable bonds is 9. The van der Waals surface area contributed by atoms with Crippen molar-refractivity contribution in [2.45, 2.75) is 50.9 Å². The van der Waals surface area contributed by atoms with Crippen molar-refractivity contribution in [1.82, 2.24) is 5.32 Å².